The Bertz CT molecular complexity index is 239. The van der Waals surface area contributed by atoms with Gasteiger partial charge in [-0.05, 0) is 6.07 Å². The van der Waals surface area contributed by atoms with Gasteiger partial charge in [-0.1, -0.05) is 0 Å². The average Bonchev–Trinajstić information content (AvgIpc) is 2.04. The van der Waals surface area contributed by atoms with Gasteiger partial charge in [0, 0.05) is 12.1 Å². The zero-order valence-electron chi connectivity index (χ0n) is 5.84. The first-order chi connectivity index (χ1) is 5.25. The molecule has 1 heterocycles. The van der Waals surface area contributed by atoms with E-state index in [4.69, 9.17) is 10.2 Å². The molecule has 1 atom stereocenters. The molecule has 0 unspecified atom stereocenters. The number of hydrogen-bond acceptors (Lipinski definition) is 3. The summed E-state index contributed by atoms with van der Waals surface area (Å²) in [6.45, 7) is -0.438. The van der Waals surface area contributed by atoms with Gasteiger partial charge in [-0.15, -0.1) is 0 Å². The van der Waals surface area contributed by atoms with Gasteiger partial charge in [0.05, 0.1) is 6.61 Å². The van der Waals surface area contributed by atoms with Gasteiger partial charge in [0.15, 0.2) is 12.3 Å². The topological polar surface area (TPSA) is 67.4 Å². The van der Waals surface area contributed by atoms with Crippen molar-refractivity contribution in [1.82, 2.24) is 0 Å². The predicted molar refractivity (Wildman–Crippen MR) is 37.4 cm³/mol. The normalized spacial score (nSPS) is 12.9. The summed E-state index contributed by atoms with van der Waals surface area (Å²) >= 11 is 0. The molecule has 4 heteroatoms. The van der Waals surface area contributed by atoms with E-state index in [9.17, 15) is 5.21 Å². The zero-order chi connectivity index (χ0) is 8.27. The van der Waals surface area contributed by atoms with Crippen molar-refractivity contribution in [1.29, 1.82) is 0 Å². The molecule has 1 aromatic rings. The highest BCUT2D eigenvalue weighted by Crippen LogP contribution is 2.04. The molecule has 4 nitrogen and oxygen atoms in total. The average molecular weight is 155 g/mol. The molecule has 0 aliphatic heterocycles. The maximum atomic E-state index is 10.9. The Hall–Kier alpha value is -1.13. The lowest BCUT2D eigenvalue weighted by Crippen LogP contribution is -2.33. The SMILES string of the molecule is [O-][n+]1ccccc1[C@@H](O)CO. The van der Waals surface area contributed by atoms with E-state index in [-0.39, 0.29) is 5.69 Å². The molecule has 0 aliphatic rings. The molecule has 2 N–H and O–H groups in total. The van der Waals surface area contributed by atoms with Gasteiger partial charge in [-0.3, -0.25) is 0 Å². The number of aromatic nitrogens is 1. The van der Waals surface area contributed by atoms with Crippen molar-refractivity contribution in [2.75, 3.05) is 6.61 Å². The minimum atomic E-state index is -1.09. The van der Waals surface area contributed by atoms with Crippen LogP contribution in [0.4, 0.5) is 0 Å². The van der Waals surface area contributed by atoms with Crippen LogP contribution in [-0.2, 0) is 0 Å². The predicted octanol–water partition coefficient (Wildman–Crippen LogP) is -0.654. The molecule has 0 radical (unpaired) electrons. The Labute approximate surface area is 63.9 Å². The number of aliphatic hydroxyl groups is 2. The van der Waals surface area contributed by atoms with Crippen LogP contribution in [0.3, 0.4) is 0 Å². The lowest BCUT2D eigenvalue weighted by Gasteiger charge is -2.06. The molecule has 0 amide bonds. The third kappa shape index (κ3) is 1.66. The second-order valence-corrected chi connectivity index (χ2v) is 2.15. The summed E-state index contributed by atoms with van der Waals surface area (Å²) in [5, 5.41) is 28.4. The maximum Gasteiger partial charge on any atom is 0.223 e. The van der Waals surface area contributed by atoms with Gasteiger partial charge < -0.3 is 15.4 Å². The van der Waals surface area contributed by atoms with Crippen LogP contribution in [0, 0.1) is 5.21 Å². The van der Waals surface area contributed by atoms with E-state index in [1.54, 1.807) is 12.1 Å². The highest BCUT2D eigenvalue weighted by atomic mass is 16.5. The smallest absolute Gasteiger partial charge is 0.223 e. The molecule has 0 aromatic carbocycles. The summed E-state index contributed by atoms with van der Waals surface area (Å²) in [4.78, 5) is 0. The van der Waals surface area contributed by atoms with Gasteiger partial charge in [-0.25, -0.2) is 0 Å². The van der Waals surface area contributed by atoms with E-state index < -0.39 is 12.7 Å². The van der Waals surface area contributed by atoms with Crippen LogP contribution in [-0.4, -0.2) is 16.8 Å². The Morgan fingerprint density at radius 3 is 2.82 bits per heavy atom. The van der Waals surface area contributed by atoms with Crippen molar-refractivity contribution in [3.8, 4) is 0 Å². The second-order valence-electron chi connectivity index (χ2n) is 2.15. The zero-order valence-corrected chi connectivity index (χ0v) is 5.84. The summed E-state index contributed by atoms with van der Waals surface area (Å²) in [6.07, 6.45) is 0.183. The molecule has 0 aliphatic carbocycles. The third-order valence-corrected chi connectivity index (χ3v) is 1.37. The van der Waals surface area contributed by atoms with Crippen molar-refractivity contribution in [3.63, 3.8) is 0 Å². The van der Waals surface area contributed by atoms with E-state index in [1.807, 2.05) is 0 Å². The highest BCUT2D eigenvalue weighted by Gasteiger charge is 2.13. The molecule has 0 fully saturated rings. The standard InChI is InChI=1S/C7H9NO3/c9-5-7(10)6-3-1-2-4-8(6)11/h1-4,7,9-10H,5H2/t7-/m0/s1. The molecule has 0 bridgehead atoms. The Balaban J connectivity index is 2.93. The fraction of sp³-hybridized carbons (Fsp3) is 0.286. The summed E-state index contributed by atoms with van der Waals surface area (Å²) in [7, 11) is 0. The first-order valence-corrected chi connectivity index (χ1v) is 3.22. The van der Waals surface area contributed by atoms with E-state index >= 15 is 0 Å². The van der Waals surface area contributed by atoms with E-state index in [0.29, 0.717) is 4.73 Å². The molecule has 0 spiro atoms. The second kappa shape index (κ2) is 3.32. The minimum Gasteiger partial charge on any atom is -0.618 e. The Morgan fingerprint density at radius 2 is 2.27 bits per heavy atom. The number of nitrogens with zero attached hydrogens (tertiary/aromatic N) is 1. The quantitative estimate of drug-likeness (QED) is 0.440. The van der Waals surface area contributed by atoms with Gasteiger partial charge in [-0.2, -0.15) is 4.73 Å². The third-order valence-electron chi connectivity index (χ3n) is 1.37. The number of aliphatic hydroxyl groups excluding tert-OH is 2. The van der Waals surface area contributed by atoms with Crippen molar-refractivity contribution in [2.45, 2.75) is 6.10 Å². The minimum absolute atomic E-state index is 0.162. The summed E-state index contributed by atoms with van der Waals surface area (Å²) in [6, 6.07) is 4.65. The monoisotopic (exact) mass is 155 g/mol. The molecule has 0 saturated heterocycles. The molecule has 11 heavy (non-hydrogen) atoms. The van der Waals surface area contributed by atoms with Crippen LogP contribution in [0.25, 0.3) is 0 Å². The van der Waals surface area contributed by atoms with Crippen LogP contribution in [0.2, 0.25) is 0 Å². The Morgan fingerprint density at radius 1 is 1.55 bits per heavy atom. The van der Waals surface area contributed by atoms with Crippen molar-refractivity contribution < 1.29 is 14.9 Å². The molecular formula is C7H9NO3. The van der Waals surface area contributed by atoms with Crippen LogP contribution in [0.15, 0.2) is 24.4 Å². The van der Waals surface area contributed by atoms with E-state index in [1.165, 1.54) is 12.3 Å². The Kier molecular flexibility index (Phi) is 2.40. The lowest BCUT2D eigenvalue weighted by atomic mass is 10.2. The van der Waals surface area contributed by atoms with Crippen LogP contribution >= 0.6 is 0 Å². The van der Waals surface area contributed by atoms with Crippen molar-refractivity contribution >= 4 is 0 Å². The van der Waals surface area contributed by atoms with Crippen LogP contribution < -0.4 is 4.73 Å². The van der Waals surface area contributed by atoms with Gasteiger partial charge in [0.1, 0.15) is 0 Å². The lowest BCUT2D eigenvalue weighted by molar-refractivity contribution is -0.618. The number of rotatable bonds is 2. The van der Waals surface area contributed by atoms with Gasteiger partial charge in [0.2, 0.25) is 5.69 Å². The van der Waals surface area contributed by atoms with Gasteiger partial charge >= 0.3 is 0 Å². The van der Waals surface area contributed by atoms with Crippen LogP contribution in [0.1, 0.15) is 11.8 Å². The first kappa shape index (κ1) is 7.97. The largest absolute Gasteiger partial charge is 0.618 e. The molecule has 0 saturated carbocycles. The summed E-state index contributed by atoms with van der Waals surface area (Å²) in [5.74, 6) is 0. The number of pyridine rings is 1. The van der Waals surface area contributed by atoms with Gasteiger partial charge in [0.25, 0.3) is 0 Å². The molecular weight excluding hydrogens is 146 g/mol. The molecule has 60 valence electrons. The number of hydrogen-bond donors (Lipinski definition) is 2. The van der Waals surface area contributed by atoms with E-state index in [2.05, 4.69) is 0 Å². The molecule has 1 rings (SSSR count). The molecule has 1 aromatic heterocycles. The van der Waals surface area contributed by atoms with Crippen molar-refractivity contribution in [2.24, 2.45) is 0 Å². The maximum absolute atomic E-state index is 10.9. The fourth-order valence-corrected chi connectivity index (χ4v) is 0.793. The fourth-order valence-electron chi connectivity index (χ4n) is 0.793. The van der Waals surface area contributed by atoms with Crippen LogP contribution in [0.5, 0.6) is 0 Å². The summed E-state index contributed by atoms with van der Waals surface area (Å²) in [5.41, 5.74) is 0.162. The first-order valence-electron chi connectivity index (χ1n) is 3.22. The summed E-state index contributed by atoms with van der Waals surface area (Å²) < 4.78 is 0.529. The van der Waals surface area contributed by atoms with E-state index in [0.717, 1.165) is 0 Å². The highest BCUT2D eigenvalue weighted by molar-refractivity contribution is 5.00. The van der Waals surface area contributed by atoms with Crippen molar-refractivity contribution in [3.05, 3.63) is 35.3 Å².